The first-order valence-corrected chi connectivity index (χ1v) is 8.67. The molecule has 1 aromatic heterocycles. The molecule has 1 spiro atoms. The smallest absolute Gasteiger partial charge is 0.255 e. The average molecular weight is 354 g/mol. The molecule has 1 unspecified atom stereocenters. The number of nitrogens with zero attached hydrogens (tertiary/aromatic N) is 4. The summed E-state index contributed by atoms with van der Waals surface area (Å²) in [4.78, 5) is 29.1. The Labute approximate surface area is 150 Å². The standard InChI is InChI=1S/C19H19FN4O2/c20-16-3-1-2-14(10-16)12-23-8-5-19(18(23)26)6-9-24(13-19)17(25)15-4-7-21-22-11-15/h1-4,7,10-11H,5-6,8-9,12-13H2. The molecule has 3 heterocycles. The summed E-state index contributed by atoms with van der Waals surface area (Å²) in [5, 5.41) is 7.43. The van der Waals surface area contributed by atoms with Gasteiger partial charge in [-0.25, -0.2) is 4.39 Å². The molecule has 0 saturated carbocycles. The van der Waals surface area contributed by atoms with E-state index in [1.165, 1.54) is 24.5 Å². The Morgan fingerprint density at radius 3 is 2.81 bits per heavy atom. The van der Waals surface area contributed by atoms with Gasteiger partial charge in [-0.3, -0.25) is 9.59 Å². The second kappa shape index (κ2) is 6.48. The molecule has 2 aliphatic rings. The quantitative estimate of drug-likeness (QED) is 0.844. The molecular formula is C19H19FN4O2. The summed E-state index contributed by atoms with van der Waals surface area (Å²) in [6.07, 6.45) is 4.32. The van der Waals surface area contributed by atoms with E-state index in [2.05, 4.69) is 10.2 Å². The van der Waals surface area contributed by atoms with Gasteiger partial charge in [0.15, 0.2) is 0 Å². The molecule has 134 valence electrons. The maximum absolute atomic E-state index is 13.4. The zero-order valence-electron chi connectivity index (χ0n) is 14.3. The van der Waals surface area contributed by atoms with Crippen molar-refractivity contribution >= 4 is 11.8 Å². The Bertz CT molecular complexity index is 844. The predicted molar refractivity (Wildman–Crippen MR) is 91.4 cm³/mol. The molecule has 2 saturated heterocycles. The van der Waals surface area contributed by atoms with Crippen LogP contribution in [0, 0.1) is 11.2 Å². The number of hydrogen-bond acceptors (Lipinski definition) is 4. The van der Waals surface area contributed by atoms with Gasteiger partial charge >= 0.3 is 0 Å². The largest absolute Gasteiger partial charge is 0.338 e. The molecule has 1 aromatic carbocycles. The van der Waals surface area contributed by atoms with Crippen LogP contribution in [-0.2, 0) is 11.3 Å². The van der Waals surface area contributed by atoms with Gasteiger partial charge in [0, 0.05) is 26.2 Å². The summed E-state index contributed by atoms with van der Waals surface area (Å²) in [6.45, 7) is 2.02. The van der Waals surface area contributed by atoms with Gasteiger partial charge in [0.05, 0.1) is 23.4 Å². The number of benzene rings is 1. The Morgan fingerprint density at radius 1 is 1.19 bits per heavy atom. The zero-order chi connectivity index (χ0) is 18.1. The van der Waals surface area contributed by atoms with Crippen LogP contribution in [0.3, 0.4) is 0 Å². The number of hydrogen-bond donors (Lipinski definition) is 0. The maximum atomic E-state index is 13.4. The number of aromatic nitrogens is 2. The first kappa shape index (κ1) is 16.6. The third-order valence-electron chi connectivity index (χ3n) is 5.34. The van der Waals surface area contributed by atoms with Gasteiger partial charge in [-0.15, -0.1) is 0 Å². The molecule has 4 rings (SSSR count). The number of rotatable bonds is 3. The van der Waals surface area contributed by atoms with Gasteiger partial charge in [0.1, 0.15) is 5.82 Å². The van der Waals surface area contributed by atoms with E-state index in [1.54, 1.807) is 21.9 Å². The SMILES string of the molecule is O=C(c1ccnnc1)N1CCC2(CCN(Cc3cccc(F)c3)C2=O)C1. The topological polar surface area (TPSA) is 66.4 Å². The minimum absolute atomic E-state index is 0.0601. The highest BCUT2D eigenvalue weighted by atomic mass is 19.1. The van der Waals surface area contributed by atoms with Crippen LogP contribution in [0.15, 0.2) is 42.7 Å². The third kappa shape index (κ3) is 2.94. The first-order valence-electron chi connectivity index (χ1n) is 8.67. The molecule has 1 atom stereocenters. The van der Waals surface area contributed by atoms with Crippen LogP contribution >= 0.6 is 0 Å². The van der Waals surface area contributed by atoms with Crippen molar-refractivity contribution in [2.24, 2.45) is 5.41 Å². The highest BCUT2D eigenvalue weighted by Gasteiger charge is 2.51. The molecule has 0 N–H and O–H groups in total. The Kier molecular flexibility index (Phi) is 4.14. The van der Waals surface area contributed by atoms with Crippen LogP contribution in [-0.4, -0.2) is 51.4 Å². The van der Waals surface area contributed by atoms with Crippen molar-refractivity contribution in [1.82, 2.24) is 20.0 Å². The zero-order valence-corrected chi connectivity index (χ0v) is 14.3. The van der Waals surface area contributed by atoms with Gasteiger partial charge in [-0.1, -0.05) is 12.1 Å². The molecule has 2 amide bonds. The Balaban J connectivity index is 1.45. The molecule has 6 nitrogen and oxygen atoms in total. The molecule has 0 radical (unpaired) electrons. The number of carbonyl (C=O) groups is 2. The van der Waals surface area contributed by atoms with E-state index in [-0.39, 0.29) is 17.6 Å². The molecule has 2 fully saturated rings. The molecule has 2 aromatic rings. The first-order chi connectivity index (χ1) is 12.6. The molecule has 0 bridgehead atoms. The summed E-state index contributed by atoms with van der Waals surface area (Å²) >= 11 is 0. The van der Waals surface area contributed by atoms with Crippen molar-refractivity contribution in [1.29, 1.82) is 0 Å². The Hall–Kier alpha value is -2.83. The predicted octanol–water partition coefficient (Wildman–Crippen LogP) is 1.88. The number of halogens is 1. The van der Waals surface area contributed by atoms with E-state index in [1.807, 2.05) is 6.07 Å². The van der Waals surface area contributed by atoms with Gasteiger partial charge in [-0.05, 0) is 36.6 Å². The van der Waals surface area contributed by atoms with Crippen LogP contribution in [0.25, 0.3) is 0 Å². The number of likely N-dealkylation sites (tertiary alicyclic amines) is 2. The monoisotopic (exact) mass is 354 g/mol. The van der Waals surface area contributed by atoms with Crippen molar-refractivity contribution in [3.63, 3.8) is 0 Å². The number of carbonyl (C=O) groups excluding carboxylic acids is 2. The third-order valence-corrected chi connectivity index (χ3v) is 5.34. The lowest BCUT2D eigenvalue weighted by atomic mass is 9.85. The summed E-state index contributed by atoms with van der Waals surface area (Å²) in [5.41, 5.74) is 0.756. The lowest BCUT2D eigenvalue weighted by Crippen LogP contribution is -2.38. The summed E-state index contributed by atoms with van der Waals surface area (Å²) in [5.74, 6) is -0.356. The number of amides is 2. The van der Waals surface area contributed by atoms with Gasteiger partial charge in [-0.2, -0.15) is 10.2 Å². The molecular weight excluding hydrogens is 335 g/mol. The van der Waals surface area contributed by atoms with E-state index in [9.17, 15) is 14.0 Å². The highest BCUT2D eigenvalue weighted by molar-refractivity contribution is 5.95. The van der Waals surface area contributed by atoms with E-state index in [4.69, 9.17) is 0 Å². The highest BCUT2D eigenvalue weighted by Crippen LogP contribution is 2.41. The molecule has 26 heavy (non-hydrogen) atoms. The molecule has 7 heteroatoms. The van der Waals surface area contributed by atoms with Crippen LogP contribution in [0.2, 0.25) is 0 Å². The Morgan fingerprint density at radius 2 is 2.04 bits per heavy atom. The van der Waals surface area contributed by atoms with Crippen LogP contribution in [0.4, 0.5) is 4.39 Å². The summed E-state index contributed by atoms with van der Waals surface area (Å²) in [7, 11) is 0. The van der Waals surface area contributed by atoms with Crippen molar-refractivity contribution in [3.8, 4) is 0 Å². The van der Waals surface area contributed by atoms with Crippen LogP contribution in [0.1, 0.15) is 28.8 Å². The van der Waals surface area contributed by atoms with Crippen LogP contribution < -0.4 is 0 Å². The minimum Gasteiger partial charge on any atom is -0.338 e. The average Bonchev–Trinajstić information content (AvgIpc) is 3.22. The minimum atomic E-state index is -0.510. The fraction of sp³-hybridized carbons (Fsp3) is 0.368. The van der Waals surface area contributed by atoms with Gasteiger partial charge in [0.25, 0.3) is 5.91 Å². The van der Waals surface area contributed by atoms with Crippen molar-refractivity contribution in [2.75, 3.05) is 19.6 Å². The van der Waals surface area contributed by atoms with Gasteiger partial charge in [0.2, 0.25) is 5.91 Å². The fourth-order valence-electron chi connectivity index (χ4n) is 3.92. The van der Waals surface area contributed by atoms with Crippen molar-refractivity contribution < 1.29 is 14.0 Å². The summed E-state index contributed by atoms with van der Waals surface area (Å²) in [6, 6.07) is 7.96. The second-order valence-corrected chi connectivity index (χ2v) is 6.99. The van der Waals surface area contributed by atoms with E-state index < -0.39 is 5.41 Å². The second-order valence-electron chi connectivity index (χ2n) is 6.99. The maximum Gasteiger partial charge on any atom is 0.255 e. The lowest BCUT2D eigenvalue weighted by molar-refractivity contribution is -0.135. The molecule has 0 aliphatic carbocycles. The fourth-order valence-corrected chi connectivity index (χ4v) is 3.92. The van der Waals surface area contributed by atoms with E-state index in [0.717, 1.165) is 12.0 Å². The van der Waals surface area contributed by atoms with Crippen molar-refractivity contribution in [3.05, 3.63) is 59.7 Å². The van der Waals surface area contributed by atoms with Gasteiger partial charge < -0.3 is 9.80 Å². The normalized spacial score (nSPS) is 22.4. The van der Waals surface area contributed by atoms with E-state index >= 15 is 0 Å². The summed E-state index contributed by atoms with van der Waals surface area (Å²) < 4.78 is 13.4. The van der Waals surface area contributed by atoms with Crippen LogP contribution in [0.5, 0.6) is 0 Å². The molecule has 2 aliphatic heterocycles. The van der Waals surface area contributed by atoms with Crippen molar-refractivity contribution in [2.45, 2.75) is 19.4 Å². The lowest BCUT2D eigenvalue weighted by Gasteiger charge is -2.23. The van der Waals surface area contributed by atoms with E-state index in [0.29, 0.717) is 38.2 Å².